The molecule has 0 saturated heterocycles. The first-order chi connectivity index (χ1) is 15.1. The summed E-state index contributed by atoms with van der Waals surface area (Å²) in [5, 5.41) is 0.825. The molecule has 0 N–H and O–H groups in total. The summed E-state index contributed by atoms with van der Waals surface area (Å²) in [7, 11) is 5.63. The molecule has 0 aliphatic heterocycles. The van der Waals surface area contributed by atoms with Gasteiger partial charge in [0.05, 0.1) is 11.3 Å². The number of nitrogens with zero attached hydrogens (tertiary/aromatic N) is 4. The monoisotopic (exact) mass is 466 g/mol. The maximum absolute atomic E-state index is 13.1. The van der Waals surface area contributed by atoms with E-state index in [1.54, 1.807) is 24.4 Å². The third-order valence-electron chi connectivity index (χ3n) is 4.73. The highest BCUT2D eigenvalue weighted by Gasteiger charge is 2.30. The highest BCUT2D eigenvalue weighted by Crippen LogP contribution is 2.30. The Kier molecular flexibility index (Phi) is 7.68. The van der Waals surface area contributed by atoms with Crippen LogP contribution in [0.5, 0.6) is 0 Å². The molecule has 0 aliphatic rings. The van der Waals surface area contributed by atoms with Crippen LogP contribution in [0.25, 0.3) is 0 Å². The molecule has 3 rings (SSSR count). The lowest BCUT2D eigenvalue weighted by Gasteiger charge is -2.24. The van der Waals surface area contributed by atoms with E-state index in [-0.39, 0.29) is 18.2 Å². The number of amides is 1. The number of carbonyl (C=O) groups excluding carboxylic acids is 1. The van der Waals surface area contributed by atoms with Crippen molar-refractivity contribution in [1.29, 1.82) is 0 Å². The van der Waals surface area contributed by atoms with Crippen LogP contribution in [0, 0.1) is 0 Å². The standard InChI is InChI=1S/C22H25F3N4O2S/c1-27(2)11-12-29(14-16-5-4-6-17(13-16)22(23,24)25)20(30)19-8-7-18(31-19)15-32-21-26-9-10-28(21)3/h4-10,13H,11-12,14-15H2,1-3H3. The quantitative estimate of drug-likeness (QED) is 0.434. The predicted octanol–water partition coefficient (Wildman–Crippen LogP) is 4.53. The molecule has 0 spiro atoms. The SMILES string of the molecule is CN(C)CCN(Cc1cccc(C(F)(F)F)c1)C(=O)c1ccc(CSc2nccn2C)o1. The number of rotatable bonds is 9. The van der Waals surface area contributed by atoms with Crippen LogP contribution in [0.4, 0.5) is 13.2 Å². The van der Waals surface area contributed by atoms with Crippen LogP contribution in [0.15, 0.2) is 58.4 Å². The van der Waals surface area contributed by atoms with Gasteiger partial charge in [-0.15, -0.1) is 0 Å². The van der Waals surface area contributed by atoms with Crippen molar-refractivity contribution < 1.29 is 22.4 Å². The molecule has 32 heavy (non-hydrogen) atoms. The molecule has 2 heterocycles. The van der Waals surface area contributed by atoms with Crippen LogP contribution in [-0.4, -0.2) is 52.4 Å². The van der Waals surface area contributed by atoms with Gasteiger partial charge >= 0.3 is 6.18 Å². The molecule has 6 nitrogen and oxygen atoms in total. The molecule has 1 amide bonds. The Hall–Kier alpha value is -2.72. The summed E-state index contributed by atoms with van der Waals surface area (Å²) < 4.78 is 46.9. The van der Waals surface area contributed by atoms with Gasteiger partial charge in [0.1, 0.15) is 5.76 Å². The molecule has 1 aromatic carbocycles. The van der Waals surface area contributed by atoms with Gasteiger partial charge in [-0.2, -0.15) is 13.2 Å². The Morgan fingerprint density at radius 3 is 2.62 bits per heavy atom. The third kappa shape index (κ3) is 6.39. The van der Waals surface area contributed by atoms with Crippen LogP contribution in [-0.2, 0) is 25.5 Å². The van der Waals surface area contributed by atoms with Gasteiger partial charge in [-0.05, 0) is 43.9 Å². The minimum Gasteiger partial charge on any atom is -0.455 e. The number of hydrogen-bond acceptors (Lipinski definition) is 5. The Bertz CT molecular complexity index is 1050. The van der Waals surface area contributed by atoms with Gasteiger partial charge in [0.25, 0.3) is 5.91 Å². The second kappa shape index (κ2) is 10.3. The molecule has 3 aromatic rings. The topological polar surface area (TPSA) is 54.5 Å². The molecule has 2 aromatic heterocycles. The number of likely N-dealkylation sites (N-methyl/N-ethyl adjacent to an activating group) is 1. The van der Waals surface area contributed by atoms with Crippen molar-refractivity contribution in [2.75, 3.05) is 27.2 Å². The van der Waals surface area contributed by atoms with E-state index >= 15 is 0 Å². The van der Waals surface area contributed by atoms with Crippen molar-refractivity contribution in [3.63, 3.8) is 0 Å². The zero-order chi connectivity index (χ0) is 23.3. The van der Waals surface area contributed by atoms with Crippen molar-refractivity contribution in [1.82, 2.24) is 19.4 Å². The minimum atomic E-state index is -4.44. The van der Waals surface area contributed by atoms with Crippen molar-refractivity contribution in [2.45, 2.75) is 23.6 Å². The summed E-state index contributed by atoms with van der Waals surface area (Å²) in [6.07, 6.45) is -0.888. The van der Waals surface area contributed by atoms with Crippen molar-refractivity contribution >= 4 is 17.7 Å². The van der Waals surface area contributed by atoms with Gasteiger partial charge in [0.15, 0.2) is 10.9 Å². The summed E-state index contributed by atoms with van der Waals surface area (Å²) >= 11 is 1.48. The number of carbonyl (C=O) groups is 1. The number of halogens is 3. The zero-order valence-electron chi connectivity index (χ0n) is 18.1. The van der Waals surface area contributed by atoms with E-state index in [4.69, 9.17) is 4.42 Å². The van der Waals surface area contributed by atoms with E-state index in [0.717, 1.165) is 17.3 Å². The molecule has 0 unspecified atom stereocenters. The number of benzene rings is 1. The van der Waals surface area contributed by atoms with Crippen LogP contribution in [0.1, 0.15) is 27.4 Å². The number of imidazole rings is 1. The lowest BCUT2D eigenvalue weighted by molar-refractivity contribution is -0.137. The fourth-order valence-electron chi connectivity index (χ4n) is 2.99. The number of hydrogen-bond donors (Lipinski definition) is 0. The third-order valence-corrected chi connectivity index (χ3v) is 5.81. The van der Waals surface area contributed by atoms with E-state index in [0.29, 0.717) is 30.2 Å². The maximum Gasteiger partial charge on any atom is 0.416 e. The van der Waals surface area contributed by atoms with E-state index in [1.807, 2.05) is 36.8 Å². The Labute approximate surface area is 189 Å². The van der Waals surface area contributed by atoms with E-state index in [9.17, 15) is 18.0 Å². The fourth-order valence-corrected chi connectivity index (χ4v) is 3.82. The second-order valence-corrected chi connectivity index (χ2v) is 8.55. The largest absolute Gasteiger partial charge is 0.455 e. The van der Waals surface area contributed by atoms with Gasteiger partial charge in [-0.3, -0.25) is 4.79 Å². The van der Waals surface area contributed by atoms with E-state index in [2.05, 4.69) is 4.98 Å². The zero-order valence-corrected chi connectivity index (χ0v) is 18.9. The molecule has 172 valence electrons. The minimum absolute atomic E-state index is 0.0502. The fraction of sp³-hybridized carbons (Fsp3) is 0.364. The Balaban J connectivity index is 1.73. The van der Waals surface area contributed by atoms with Crippen LogP contribution < -0.4 is 0 Å². The first-order valence-electron chi connectivity index (χ1n) is 9.92. The Morgan fingerprint density at radius 2 is 1.97 bits per heavy atom. The van der Waals surface area contributed by atoms with Crippen LogP contribution in [0.3, 0.4) is 0 Å². The molecule has 0 bridgehead atoms. The van der Waals surface area contributed by atoms with Crippen molar-refractivity contribution in [2.24, 2.45) is 7.05 Å². The van der Waals surface area contributed by atoms with Gasteiger partial charge < -0.3 is 18.8 Å². The van der Waals surface area contributed by atoms with Crippen molar-refractivity contribution in [3.05, 3.63) is 71.4 Å². The van der Waals surface area contributed by atoms with Crippen LogP contribution in [0.2, 0.25) is 0 Å². The summed E-state index contributed by atoms with van der Waals surface area (Å²) in [5.41, 5.74) is -0.328. The number of furan rings is 1. The number of alkyl halides is 3. The average Bonchev–Trinajstić information content (AvgIpc) is 3.37. The molecule has 0 radical (unpaired) electrons. The maximum atomic E-state index is 13.1. The Morgan fingerprint density at radius 1 is 1.19 bits per heavy atom. The molecule has 0 saturated carbocycles. The van der Waals surface area contributed by atoms with E-state index < -0.39 is 11.7 Å². The first kappa shape index (κ1) is 23.9. The summed E-state index contributed by atoms with van der Waals surface area (Å²) in [6.45, 7) is 0.960. The first-order valence-corrected chi connectivity index (χ1v) is 10.9. The number of aryl methyl sites for hydroxylation is 1. The molecular formula is C22H25F3N4O2S. The van der Waals surface area contributed by atoms with Gasteiger partial charge in [-0.25, -0.2) is 4.98 Å². The molecular weight excluding hydrogens is 441 g/mol. The summed E-state index contributed by atoms with van der Waals surface area (Å²) in [5.74, 6) is 0.917. The normalized spacial score (nSPS) is 11.8. The van der Waals surface area contributed by atoms with Gasteiger partial charge in [0.2, 0.25) is 0 Å². The highest BCUT2D eigenvalue weighted by molar-refractivity contribution is 7.98. The summed E-state index contributed by atoms with van der Waals surface area (Å²) in [4.78, 5) is 20.8. The van der Waals surface area contributed by atoms with E-state index in [1.165, 1.54) is 22.7 Å². The second-order valence-electron chi connectivity index (χ2n) is 7.60. The highest BCUT2D eigenvalue weighted by atomic mass is 32.2. The summed E-state index contributed by atoms with van der Waals surface area (Å²) in [6, 6.07) is 8.37. The molecule has 0 aliphatic carbocycles. The van der Waals surface area contributed by atoms with Crippen molar-refractivity contribution in [3.8, 4) is 0 Å². The molecule has 0 atom stereocenters. The lowest BCUT2D eigenvalue weighted by atomic mass is 10.1. The lowest BCUT2D eigenvalue weighted by Crippen LogP contribution is -2.36. The number of aromatic nitrogens is 2. The number of thioether (sulfide) groups is 1. The van der Waals surface area contributed by atoms with Gasteiger partial charge in [-0.1, -0.05) is 23.9 Å². The van der Waals surface area contributed by atoms with Gasteiger partial charge in [0, 0.05) is 39.1 Å². The molecule has 0 fully saturated rings. The average molecular weight is 467 g/mol. The van der Waals surface area contributed by atoms with Crippen LogP contribution >= 0.6 is 11.8 Å². The molecule has 10 heteroatoms. The predicted molar refractivity (Wildman–Crippen MR) is 116 cm³/mol. The smallest absolute Gasteiger partial charge is 0.416 e.